The van der Waals surface area contributed by atoms with Crippen LogP contribution >= 0.6 is 0 Å². The highest BCUT2D eigenvalue weighted by Gasteiger charge is 2.31. The molecule has 2 aromatic rings. The van der Waals surface area contributed by atoms with Crippen LogP contribution in [0.3, 0.4) is 0 Å². The number of carbonyl (C=O) groups is 2. The summed E-state index contributed by atoms with van der Waals surface area (Å²) < 4.78 is 23.8. The summed E-state index contributed by atoms with van der Waals surface area (Å²) in [5.41, 5.74) is 0.700. The molecule has 23 heavy (non-hydrogen) atoms. The zero-order valence-electron chi connectivity index (χ0n) is 12.3. The first-order chi connectivity index (χ1) is 11.1. The Hall–Kier alpha value is -2.89. The lowest BCUT2D eigenvalue weighted by Crippen LogP contribution is -2.38. The molecule has 1 atom stereocenters. The van der Waals surface area contributed by atoms with E-state index in [0.717, 1.165) is 6.07 Å². The average Bonchev–Trinajstić information content (AvgIpc) is 2.55. The molecule has 1 heterocycles. The van der Waals surface area contributed by atoms with E-state index in [1.807, 2.05) is 0 Å². The number of fused-ring (bicyclic) bond motifs is 1. The van der Waals surface area contributed by atoms with E-state index < -0.39 is 17.8 Å². The second-order valence-electron chi connectivity index (χ2n) is 5.10. The van der Waals surface area contributed by atoms with Crippen molar-refractivity contribution in [2.75, 3.05) is 12.4 Å². The molecule has 0 saturated carbocycles. The van der Waals surface area contributed by atoms with Crippen LogP contribution in [0, 0.1) is 5.82 Å². The summed E-state index contributed by atoms with van der Waals surface area (Å²) in [6.45, 7) is 0. The first-order valence-corrected chi connectivity index (χ1v) is 7.01. The van der Waals surface area contributed by atoms with Crippen molar-refractivity contribution in [3.8, 4) is 11.5 Å². The van der Waals surface area contributed by atoms with Gasteiger partial charge in [-0.1, -0.05) is 6.07 Å². The molecular weight excluding hydrogens is 301 g/mol. The molecule has 0 bridgehead atoms. The third-order valence-electron chi connectivity index (χ3n) is 3.51. The Kier molecular flexibility index (Phi) is 3.97. The van der Waals surface area contributed by atoms with Crippen LogP contribution in [-0.2, 0) is 4.79 Å². The topological polar surface area (TPSA) is 64.6 Å². The van der Waals surface area contributed by atoms with Crippen LogP contribution in [0.25, 0.3) is 0 Å². The van der Waals surface area contributed by atoms with Gasteiger partial charge in [0.05, 0.1) is 19.1 Å². The van der Waals surface area contributed by atoms with Crippen molar-refractivity contribution in [2.24, 2.45) is 0 Å². The van der Waals surface area contributed by atoms with E-state index in [1.54, 1.807) is 24.3 Å². The number of ketones is 1. The monoisotopic (exact) mass is 315 g/mol. The molecule has 0 radical (unpaired) electrons. The standard InChI is InChI=1S/C17H14FNO4/c1-22-12-4-2-3-11(8-12)19-17(21)16-9-14(20)13-7-10(18)5-6-15(13)23-16/h2-8,16H,9H2,1H3,(H,19,21)/t16-/m0/s1. The van der Waals surface area contributed by atoms with E-state index >= 15 is 0 Å². The van der Waals surface area contributed by atoms with Crippen LogP contribution in [0.5, 0.6) is 11.5 Å². The number of rotatable bonds is 3. The van der Waals surface area contributed by atoms with Gasteiger partial charge >= 0.3 is 0 Å². The number of Topliss-reactive ketones (excluding diaryl/α,β-unsaturated/α-hetero) is 1. The fraction of sp³-hybridized carbons (Fsp3) is 0.176. The minimum absolute atomic E-state index is 0.133. The summed E-state index contributed by atoms with van der Waals surface area (Å²) >= 11 is 0. The normalized spacial score (nSPS) is 16.3. The van der Waals surface area contributed by atoms with Gasteiger partial charge in [0.2, 0.25) is 0 Å². The number of hydrogen-bond acceptors (Lipinski definition) is 4. The highest BCUT2D eigenvalue weighted by molar-refractivity contribution is 6.05. The van der Waals surface area contributed by atoms with Crippen molar-refractivity contribution in [1.82, 2.24) is 0 Å². The zero-order chi connectivity index (χ0) is 16.4. The van der Waals surface area contributed by atoms with Crippen LogP contribution in [0.15, 0.2) is 42.5 Å². The highest BCUT2D eigenvalue weighted by atomic mass is 19.1. The van der Waals surface area contributed by atoms with Crippen molar-refractivity contribution in [3.63, 3.8) is 0 Å². The van der Waals surface area contributed by atoms with Gasteiger partial charge in [0.25, 0.3) is 5.91 Å². The van der Waals surface area contributed by atoms with Gasteiger partial charge in [0.1, 0.15) is 17.3 Å². The maximum Gasteiger partial charge on any atom is 0.265 e. The smallest absolute Gasteiger partial charge is 0.265 e. The SMILES string of the molecule is COc1cccc(NC(=O)[C@@H]2CC(=O)c3cc(F)ccc3O2)c1. The van der Waals surface area contributed by atoms with Crippen LogP contribution < -0.4 is 14.8 Å². The summed E-state index contributed by atoms with van der Waals surface area (Å²) in [6, 6.07) is 10.5. The van der Waals surface area contributed by atoms with Crippen LogP contribution in [-0.4, -0.2) is 24.9 Å². The van der Waals surface area contributed by atoms with Gasteiger partial charge in [-0.2, -0.15) is 0 Å². The van der Waals surface area contributed by atoms with Crippen LogP contribution in [0.2, 0.25) is 0 Å². The Bertz CT molecular complexity index is 775. The van der Waals surface area contributed by atoms with E-state index in [-0.39, 0.29) is 23.5 Å². The quantitative estimate of drug-likeness (QED) is 0.946. The third-order valence-corrected chi connectivity index (χ3v) is 3.51. The number of nitrogens with one attached hydrogen (secondary N) is 1. The number of ether oxygens (including phenoxy) is 2. The van der Waals surface area contributed by atoms with Gasteiger partial charge in [-0.25, -0.2) is 4.39 Å². The molecule has 0 spiro atoms. The number of hydrogen-bond donors (Lipinski definition) is 1. The Balaban J connectivity index is 1.76. The molecule has 0 aromatic heterocycles. The number of halogens is 1. The van der Waals surface area contributed by atoms with Crippen molar-refractivity contribution in [2.45, 2.75) is 12.5 Å². The van der Waals surface area contributed by atoms with Gasteiger partial charge < -0.3 is 14.8 Å². The summed E-state index contributed by atoms with van der Waals surface area (Å²) in [5, 5.41) is 2.68. The predicted octanol–water partition coefficient (Wildman–Crippen LogP) is 2.81. The first-order valence-electron chi connectivity index (χ1n) is 7.01. The van der Waals surface area contributed by atoms with E-state index in [0.29, 0.717) is 11.4 Å². The molecule has 0 saturated heterocycles. The maximum absolute atomic E-state index is 13.2. The summed E-state index contributed by atoms with van der Waals surface area (Å²) in [5.74, 6) is -0.462. The number of anilines is 1. The second-order valence-corrected chi connectivity index (χ2v) is 5.10. The number of methoxy groups -OCH3 is 1. The first kappa shape index (κ1) is 15.0. The lowest BCUT2D eigenvalue weighted by atomic mass is 10.00. The minimum atomic E-state index is -0.952. The number of benzene rings is 2. The van der Waals surface area contributed by atoms with Gasteiger partial charge in [-0.15, -0.1) is 0 Å². The molecule has 0 aliphatic carbocycles. The Labute approximate surface area is 132 Å². The molecule has 1 N–H and O–H groups in total. The molecule has 118 valence electrons. The third kappa shape index (κ3) is 3.15. The molecule has 0 fully saturated rings. The zero-order valence-corrected chi connectivity index (χ0v) is 12.3. The van der Waals surface area contributed by atoms with E-state index in [4.69, 9.17) is 9.47 Å². The van der Waals surface area contributed by atoms with Gasteiger partial charge in [-0.05, 0) is 30.3 Å². The molecule has 6 heteroatoms. The fourth-order valence-electron chi connectivity index (χ4n) is 2.37. The number of carbonyl (C=O) groups excluding carboxylic acids is 2. The largest absolute Gasteiger partial charge is 0.497 e. The maximum atomic E-state index is 13.2. The van der Waals surface area contributed by atoms with Gasteiger partial charge in [0, 0.05) is 11.8 Å². The Morgan fingerprint density at radius 1 is 1.30 bits per heavy atom. The molecule has 0 unspecified atom stereocenters. The van der Waals surface area contributed by atoms with Crippen molar-refractivity contribution in [1.29, 1.82) is 0 Å². The molecule has 3 rings (SSSR count). The summed E-state index contributed by atoms with van der Waals surface area (Å²) in [6.07, 6.45) is -1.08. The van der Waals surface area contributed by atoms with Crippen molar-refractivity contribution < 1.29 is 23.5 Å². The predicted molar refractivity (Wildman–Crippen MR) is 81.4 cm³/mol. The lowest BCUT2D eigenvalue weighted by Gasteiger charge is -2.24. The molecular formula is C17H14FNO4. The molecule has 5 nitrogen and oxygen atoms in total. The van der Waals surface area contributed by atoms with Crippen LogP contribution in [0.1, 0.15) is 16.8 Å². The lowest BCUT2D eigenvalue weighted by molar-refractivity contribution is -0.122. The second kappa shape index (κ2) is 6.08. The van der Waals surface area contributed by atoms with Gasteiger partial charge in [-0.3, -0.25) is 9.59 Å². The fourth-order valence-corrected chi connectivity index (χ4v) is 2.37. The van der Waals surface area contributed by atoms with E-state index in [2.05, 4.69) is 5.32 Å². The minimum Gasteiger partial charge on any atom is -0.497 e. The van der Waals surface area contributed by atoms with E-state index in [1.165, 1.54) is 19.2 Å². The molecule has 2 aromatic carbocycles. The average molecular weight is 315 g/mol. The van der Waals surface area contributed by atoms with Crippen LogP contribution in [0.4, 0.5) is 10.1 Å². The summed E-state index contributed by atoms with van der Waals surface area (Å²) in [4.78, 5) is 24.3. The number of amides is 1. The molecule has 1 amide bonds. The van der Waals surface area contributed by atoms with E-state index in [9.17, 15) is 14.0 Å². The summed E-state index contributed by atoms with van der Waals surface area (Å²) in [7, 11) is 1.53. The van der Waals surface area contributed by atoms with Crippen molar-refractivity contribution in [3.05, 3.63) is 53.8 Å². The van der Waals surface area contributed by atoms with Gasteiger partial charge in [0.15, 0.2) is 11.9 Å². The molecule has 1 aliphatic heterocycles. The van der Waals surface area contributed by atoms with Crippen molar-refractivity contribution >= 4 is 17.4 Å². The highest BCUT2D eigenvalue weighted by Crippen LogP contribution is 2.29. The Morgan fingerprint density at radius 2 is 2.13 bits per heavy atom. The molecule has 1 aliphatic rings. The Morgan fingerprint density at radius 3 is 2.91 bits per heavy atom.